The van der Waals surface area contributed by atoms with Crippen LogP contribution in [0.2, 0.25) is 0 Å². The van der Waals surface area contributed by atoms with Crippen molar-refractivity contribution in [2.75, 3.05) is 18.9 Å². The molecule has 0 aliphatic carbocycles. The van der Waals surface area contributed by atoms with Crippen molar-refractivity contribution in [1.29, 1.82) is 0 Å². The van der Waals surface area contributed by atoms with Gasteiger partial charge in [0.25, 0.3) is 0 Å². The first kappa shape index (κ1) is 16.9. The zero-order valence-corrected chi connectivity index (χ0v) is 14.5. The number of nitrogens with zero attached hydrogens (tertiary/aromatic N) is 3. The predicted molar refractivity (Wildman–Crippen MR) is 105 cm³/mol. The van der Waals surface area contributed by atoms with Crippen molar-refractivity contribution in [1.82, 2.24) is 14.5 Å². The predicted octanol–water partition coefficient (Wildman–Crippen LogP) is 2.71. The number of aromatic nitrogens is 3. The Morgan fingerprint density at radius 2 is 1.74 bits per heavy atom. The number of hydrogen-bond acceptors (Lipinski definition) is 6. The summed E-state index contributed by atoms with van der Waals surface area (Å²) >= 11 is 0. The molecule has 0 amide bonds. The molecule has 0 aliphatic heterocycles. The molecule has 0 spiro atoms. The summed E-state index contributed by atoms with van der Waals surface area (Å²) in [6.07, 6.45) is 3.43. The third-order valence-corrected chi connectivity index (χ3v) is 4.28. The van der Waals surface area contributed by atoms with E-state index in [2.05, 4.69) is 9.97 Å². The van der Waals surface area contributed by atoms with Gasteiger partial charge < -0.3 is 25.9 Å². The second-order valence-electron chi connectivity index (χ2n) is 6.05. The fourth-order valence-electron chi connectivity index (χ4n) is 3.02. The van der Waals surface area contributed by atoms with Crippen LogP contribution >= 0.6 is 0 Å². The number of phenols is 1. The molecule has 0 saturated carbocycles. The molecule has 7 heteroatoms. The third kappa shape index (κ3) is 3.16. The minimum Gasteiger partial charge on any atom is -0.508 e. The van der Waals surface area contributed by atoms with Crippen LogP contribution in [-0.2, 0) is 0 Å². The van der Waals surface area contributed by atoms with Gasteiger partial charge >= 0.3 is 0 Å². The first-order valence-electron chi connectivity index (χ1n) is 8.51. The molecule has 2 aromatic carbocycles. The summed E-state index contributed by atoms with van der Waals surface area (Å²) in [7, 11) is 0. The molecule has 0 fully saturated rings. The second kappa shape index (κ2) is 6.97. The molecule has 2 aromatic heterocycles. The number of nitrogen functional groups attached to an aromatic ring is 1. The van der Waals surface area contributed by atoms with E-state index in [0.717, 1.165) is 33.6 Å². The van der Waals surface area contributed by atoms with Gasteiger partial charge in [0.1, 0.15) is 35.5 Å². The van der Waals surface area contributed by atoms with E-state index in [0.29, 0.717) is 19.0 Å². The molecule has 0 radical (unpaired) electrons. The molecule has 27 heavy (non-hydrogen) atoms. The van der Waals surface area contributed by atoms with Crippen LogP contribution in [0.3, 0.4) is 0 Å². The summed E-state index contributed by atoms with van der Waals surface area (Å²) < 4.78 is 7.47. The number of ether oxygens (including phenoxy) is 1. The molecular formula is C20H19N5O2. The minimum atomic E-state index is 0.202. The van der Waals surface area contributed by atoms with E-state index in [1.165, 1.54) is 6.33 Å². The highest BCUT2D eigenvalue weighted by molar-refractivity contribution is 5.98. The van der Waals surface area contributed by atoms with Gasteiger partial charge in [-0.15, -0.1) is 0 Å². The van der Waals surface area contributed by atoms with Gasteiger partial charge in [-0.25, -0.2) is 9.97 Å². The maximum atomic E-state index is 9.56. The molecular weight excluding hydrogens is 342 g/mol. The number of nitrogens with two attached hydrogens (primary N) is 2. The highest BCUT2D eigenvalue weighted by Gasteiger charge is 2.16. The summed E-state index contributed by atoms with van der Waals surface area (Å²) in [4.78, 5) is 8.58. The number of anilines is 1. The molecule has 0 saturated heterocycles. The Bertz CT molecular complexity index is 1070. The van der Waals surface area contributed by atoms with Crippen LogP contribution in [0, 0.1) is 0 Å². The van der Waals surface area contributed by atoms with Crippen molar-refractivity contribution in [3.63, 3.8) is 0 Å². The zero-order valence-electron chi connectivity index (χ0n) is 14.5. The quantitative estimate of drug-likeness (QED) is 0.504. The molecule has 7 nitrogen and oxygen atoms in total. The molecule has 0 bridgehead atoms. The fraction of sp³-hybridized carbons (Fsp3) is 0.100. The van der Waals surface area contributed by atoms with Crippen LogP contribution in [0.25, 0.3) is 27.8 Å². The highest BCUT2D eigenvalue weighted by Crippen LogP contribution is 2.34. The summed E-state index contributed by atoms with van der Waals surface area (Å²) in [6.45, 7) is 0.946. The Labute approximate surface area is 155 Å². The largest absolute Gasteiger partial charge is 0.508 e. The van der Waals surface area contributed by atoms with E-state index in [9.17, 15) is 5.11 Å². The normalized spacial score (nSPS) is 11.0. The number of fused-ring (bicyclic) bond motifs is 1. The van der Waals surface area contributed by atoms with Crippen molar-refractivity contribution in [2.24, 2.45) is 5.73 Å². The Kier molecular flexibility index (Phi) is 4.35. The van der Waals surface area contributed by atoms with Gasteiger partial charge in [0.2, 0.25) is 0 Å². The smallest absolute Gasteiger partial charge is 0.151 e. The van der Waals surface area contributed by atoms with Crippen LogP contribution in [0.5, 0.6) is 11.5 Å². The van der Waals surface area contributed by atoms with Gasteiger partial charge in [-0.1, -0.05) is 12.1 Å². The molecule has 0 atom stereocenters. The highest BCUT2D eigenvalue weighted by atomic mass is 16.5. The number of rotatable bonds is 5. The van der Waals surface area contributed by atoms with Gasteiger partial charge in [-0.05, 0) is 42.0 Å². The van der Waals surface area contributed by atoms with Crippen LogP contribution in [0.4, 0.5) is 5.82 Å². The lowest BCUT2D eigenvalue weighted by molar-refractivity contribution is 0.328. The zero-order chi connectivity index (χ0) is 18.8. The van der Waals surface area contributed by atoms with E-state index in [1.807, 2.05) is 47.2 Å². The van der Waals surface area contributed by atoms with E-state index in [1.54, 1.807) is 12.1 Å². The van der Waals surface area contributed by atoms with Gasteiger partial charge in [0.15, 0.2) is 5.82 Å². The molecule has 5 N–H and O–H groups in total. The summed E-state index contributed by atoms with van der Waals surface area (Å²) in [5, 5.41) is 9.56. The van der Waals surface area contributed by atoms with Gasteiger partial charge in [-0.3, -0.25) is 0 Å². The van der Waals surface area contributed by atoms with Crippen molar-refractivity contribution in [3.05, 3.63) is 61.1 Å². The van der Waals surface area contributed by atoms with Gasteiger partial charge in [0, 0.05) is 24.0 Å². The molecule has 4 aromatic rings. The van der Waals surface area contributed by atoms with E-state index < -0.39 is 0 Å². The first-order valence-corrected chi connectivity index (χ1v) is 8.51. The Balaban J connectivity index is 1.84. The standard InChI is InChI=1S/C20H19N5O2/c21-9-10-27-16-7-1-13(2-8-16)17-11-25(14-3-5-15(26)6-4-14)19-18(17)23-12-24-20(19)22/h1-8,11-12,26H,9-10,21H2,(H2,22,23,24). The SMILES string of the molecule is NCCOc1ccc(-c2cn(-c3ccc(O)cc3)c3c(N)ncnc23)cc1. The van der Waals surface area contributed by atoms with Gasteiger partial charge in [-0.2, -0.15) is 0 Å². The first-order chi connectivity index (χ1) is 13.2. The number of benzene rings is 2. The average molecular weight is 361 g/mol. The minimum absolute atomic E-state index is 0.202. The molecule has 0 aliphatic rings. The maximum Gasteiger partial charge on any atom is 0.151 e. The van der Waals surface area contributed by atoms with Gasteiger partial charge in [0.05, 0.1) is 0 Å². The van der Waals surface area contributed by atoms with Crippen molar-refractivity contribution in [2.45, 2.75) is 0 Å². The molecule has 2 heterocycles. The summed E-state index contributed by atoms with van der Waals surface area (Å²) in [6, 6.07) is 14.6. The summed E-state index contributed by atoms with van der Waals surface area (Å²) in [5.74, 6) is 1.36. The van der Waals surface area contributed by atoms with Crippen LogP contribution in [0.1, 0.15) is 0 Å². The molecule has 136 valence electrons. The van der Waals surface area contributed by atoms with Crippen LogP contribution < -0.4 is 16.2 Å². The van der Waals surface area contributed by atoms with E-state index >= 15 is 0 Å². The lowest BCUT2D eigenvalue weighted by Gasteiger charge is -2.06. The third-order valence-electron chi connectivity index (χ3n) is 4.28. The van der Waals surface area contributed by atoms with E-state index in [-0.39, 0.29) is 5.75 Å². The lowest BCUT2D eigenvalue weighted by atomic mass is 10.1. The lowest BCUT2D eigenvalue weighted by Crippen LogP contribution is -2.10. The number of phenolic OH excluding ortho intramolecular Hbond substituents is 1. The summed E-state index contributed by atoms with van der Waals surface area (Å²) in [5.41, 5.74) is 15.9. The average Bonchev–Trinajstić information content (AvgIpc) is 3.08. The fourth-order valence-corrected chi connectivity index (χ4v) is 3.02. The molecule has 0 unspecified atom stereocenters. The Morgan fingerprint density at radius 3 is 2.44 bits per heavy atom. The monoisotopic (exact) mass is 361 g/mol. The second-order valence-corrected chi connectivity index (χ2v) is 6.05. The van der Waals surface area contributed by atoms with Crippen LogP contribution in [-0.4, -0.2) is 32.8 Å². The van der Waals surface area contributed by atoms with Crippen LogP contribution in [0.15, 0.2) is 61.1 Å². The van der Waals surface area contributed by atoms with E-state index in [4.69, 9.17) is 16.2 Å². The number of aromatic hydroxyl groups is 1. The van der Waals surface area contributed by atoms with Crippen molar-refractivity contribution < 1.29 is 9.84 Å². The maximum absolute atomic E-state index is 9.56. The van der Waals surface area contributed by atoms with Crippen molar-refractivity contribution >= 4 is 16.9 Å². The molecule has 4 rings (SSSR count). The topological polar surface area (TPSA) is 112 Å². The number of hydrogen-bond donors (Lipinski definition) is 3. The Hall–Kier alpha value is -3.58. The Morgan fingerprint density at radius 1 is 1.00 bits per heavy atom. The van der Waals surface area contributed by atoms with Crippen molar-refractivity contribution in [3.8, 4) is 28.3 Å².